The third-order valence-corrected chi connectivity index (χ3v) is 3.51. The monoisotopic (exact) mass is 285 g/mol. The number of aryl methyl sites for hydroxylation is 2. The normalized spacial score (nSPS) is 11.1. The van der Waals surface area contributed by atoms with Gasteiger partial charge in [0.25, 0.3) is 0 Å². The van der Waals surface area contributed by atoms with Gasteiger partial charge in [0.05, 0.1) is 11.4 Å². The van der Waals surface area contributed by atoms with Crippen LogP contribution < -0.4 is 5.32 Å². The average molecular weight is 285 g/mol. The SMILES string of the molecule is CCCNc1cc(CC(C)C)nn1-c1ccc(C)cc1C. The zero-order valence-corrected chi connectivity index (χ0v) is 13.9. The lowest BCUT2D eigenvalue weighted by Crippen LogP contribution is -2.08. The highest BCUT2D eigenvalue weighted by Gasteiger charge is 2.12. The van der Waals surface area contributed by atoms with Crippen molar-refractivity contribution in [2.75, 3.05) is 11.9 Å². The van der Waals surface area contributed by atoms with Gasteiger partial charge in [0.2, 0.25) is 0 Å². The molecule has 0 aliphatic heterocycles. The Labute approximate surface area is 128 Å². The second-order valence-electron chi connectivity index (χ2n) is 6.25. The van der Waals surface area contributed by atoms with Crippen LogP contribution in [-0.4, -0.2) is 16.3 Å². The van der Waals surface area contributed by atoms with Crippen molar-refractivity contribution in [2.45, 2.75) is 47.5 Å². The molecule has 3 heteroatoms. The van der Waals surface area contributed by atoms with Crippen LogP contribution in [0.1, 0.15) is 44.0 Å². The summed E-state index contributed by atoms with van der Waals surface area (Å²) in [7, 11) is 0. The first-order chi connectivity index (χ1) is 10.0. The summed E-state index contributed by atoms with van der Waals surface area (Å²) in [5.74, 6) is 1.71. The molecule has 0 spiro atoms. The van der Waals surface area contributed by atoms with Gasteiger partial charge in [-0.25, -0.2) is 4.68 Å². The van der Waals surface area contributed by atoms with Crippen molar-refractivity contribution in [3.05, 3.63) is 41.1 Å². The number of benzene rings is 1. The van der Waals surface area contributed by atoms with E-state index in [1.807, 2.05) is 0 Å². The van der Waals surface area contributed by atoms with Crippen LogP contribution in [0, 0.1) is 19.8 Å². The molecular formula is C18H27N3. The molecule has 1 aromatic heterocycles. The molecule has 0 atom stereocenters. The first-order valence-corrected chi connectivity index (χ1v) is 7.91. The van der Waals surface area contributed by atoms with E-state index in [2.05, 4.69) is 68.9 Å². The van der Waals surface area contributed by atoms with Gasteiger partial charge < -0.3 is 5.32 Å². The Morgan fingerprint density at radius 3 is 2.57 bits per heavy atom. The first-order valence-electron chi connectivity index (χ1n) is 7.91. The summed E-state index contributed by atoms with van der Waals surface area (Å²) in [6.45, 7) is 11.9. The number of hydrogen-bond donors (Lipinski definition) is 1. The first kappa shape index (κ1) is 15.6. The lowest BCUT2D eigenvalue weighted by molar-refractivity contribution is 0.628. The fraction of sp³-hybridized carbons (Fsp3) is 0.500. The van der Waals surface area contributed by atoms with Crippen molar-refractivity contribution in [3.63, 3.8) is 0 Å². The lowest BCUT2D eigenvalue weighted by atomic mass is 10.1. The van der Waals surface area contributed by atoms with E-state index in [0.717, 1.165) is 36.6 Å². The molecule has 0 amide bonds. The highest BCUT2D eigenvalue weighted by Crippen LogP contribution is 2.22. The van der Waals surface area contributed by atoms with E-state index < -0.39 is 0 Å². The smallest absolute Gasteiger partial charge is 0.130 e. The van der Waals surface area contributed by atoms with Crippen molar-refractivity contribution in [1.29, 1.82) is 0 Å². The van der Waals surface area contributed by atoms with Crippen LogP contribution in [0.4, 0.5) is 5.82 Å². The lowest BCUT2D eigenvalue weighted by Gasteiger charge is -2.12. The van der Waals surface area contributed by atoms with Gasteiger partial charge in [-0.15, -0.1) is 0 Å². The largest absolute Gasteiger partial charge is 0.370 e. The number of anilines is 1. The van der Waals surface area contributed by atoms with Crippen LogP contribution in [0.5, 0.6) is 0 Å². The number of nitrogens with one attached hydrogen (secondary N) is 1. The van der Waals surface area contributed by atoms with Crippen molar-refractivity contribution in [1.82, 2.24) is 9.78 Å². The Morgan fingerprint density at radius 1 is 1.19 bits per heavy atom. The third kappa shape index (κ3) is 3.87. The molecule has 0 saturated carbocycles. The van der Waals surface area contributed by atoms with Gasteiger partial charge in [0, 0.05) is 12.6 Å². The van der Waals surface area contributed by atoms with E-state index >= 15 is 0 Å². The fourth-order valence-corrected chi connectivity index (χ4v) is 2.55. The van der Waals surface area contributed by atoms with Crippen LogP contribution in [0.25, 0.3) is 5.69 Å². The molecule has 0 aliphatic carbocycles. The molecule has 2 aromatic rings. The molecule has 0 unspecified atom stereocenters. The summed E-state index contributed by atoms with van der Waals surface area (Å²) in [4.78, 5) is 0. The van der Waals surface area contributed by atoms with Crippen LogP contribution >= 0.6 is 0 Å². The minimum atomic E-state index is 0.617. The van der Waals surface area contributed by atoms with Gasteiger partial charge in [-0.05, 0) is 44.2 Å². The summed E-state index contributed by atoms with van der Waals surface area (Å²) < 4.78 is 2.06. The molecule has 0 bridgehead atoms. The van der Waals surface area contributed by atoms with E-state index in [0.29, 0.717) is 5.92 Å². The molecule has 21 heavy (non-hydrogen) atoms. The fourth-order valence-electron chi connectivity index (χ4n) is 2.55. The highest BCUT2D eigenvalue weighted by atomic mass is 15.3. The molecule has 0 radical (unpaired) electrons. The zero-order chi connectivity index (χ0) is 15.4. The van der Waals surface area contributed by atoms with E-state index in [4.69, 9.17) is 5.10 Å². The topological polar surface area (TPSA) is 29.9 Å². The van der Waals surface area contributed by atoms with E-state index in [9.17, 15) is 0 Å². The van der Waals surface area contributed by atoms with Crippen LogP contribution in [0.3, 0.4) is 0 Å². The maximum absolute atomic E-state index is 4.82. The Hall–Kier alpha value is -1.77. The van der Waals surface area contributed by atoms with Gasteiger partial charge in [0.15, 0.2) is 0 Å². The van der Waals surface area contributed by atoms with Gasteiger partial charge in [-0.3, -0.25) is 0 Å². The maximum atomic E-state index is 4.82. The predicted octanol–water partition coefficient (Wildman–Crippen LogP) is 4.51. The third-order valence-electron chi connectivity index (χ3n) is 3.51. The Balaban J connectivity index is 2.41. The molecule has 0 fully saturated rings. The summed E-state index contributed by atoms with van der Waals surface area (Å²) >= 11 is 0. The predicted molar refractivity (Wildman–Crippen MR) is 90.4 cm³/mol. The van der Waals surface area contributed by atoms with E-state index in [1.54, 1.807) is 0 Å². The Morgan fingerprint density at radius 2 is 1.95 bits per heavy atom. The number of nitrogens with zero attached hydrogens (tertiary/aromatic N) is 2. The molecular weight excluding hydrogens is 258 g/mol. The van der Waals surface area contributed by atoms with Gasteiger partial charge in [0.1, 0.15) is 5.82 Å². The van der Waals surface area contributed by atoms with Crippen molar-refractivity contribution in [2.24, 2.45) is 5.92 Å². The standard InChI is InChI=1S/C18H27N3/c1-6-9-19-18-12-16(10-13(2)3)20-21(18)17-8-7-14(4)11-15(17)5/h7-8,11-13,19H,6,9-10H2,1-5H3. The molecule has 114 valence electrons. The van der Waals surface area contributed by atoms with Gasteiger partial charge >= 0.3 is 0 Å². The van der Waals surface area contributed by atoms with Crippen molar-refractivity contribution < 1.29 is 0 Å². The molecule has 3 nitrogen and oxygen atoms in total. The number of aromatic nitrogens is 2. The average Bonchev–Trinajstić information content (AvgIpc) is 2.78. The second kappa shape index (κ2) is 6.79. The van der Waals surface area contributed by atoms with E-state index in [-0.39, 0.29) is 0 Å². The van der Waals surface area contributed by atoms with Crippen molar-refractivity contribution in [3.8, 4) is 5.69 Å². The second-order valence-corrected chi connectivity index (χ2v) is 6.25. The van der Waals surface area contributed by atoms with Crippen LogP contribution in [0.15, 0.2) is 24.3 Å². The summed E-state index contributed by atoms with van der Waals surface area (Å²) in [5, 5.41) is 8.32. The Kier molecular flexibility index (Phi) is 5.05. The highest BCUT2D eigenvalue weighted by molar-refractivity contribution is 5.50. The van der Waals surface area contributed by atoms with E-state index in [1.165, 1.54) is 11.1 Å². The molecule has 1 aromatic carbocycles. The zero-order valence-electron chi connectivity index (χ0n) is 13.9. The minimum absolute atomic E-state index is 0.617. The van der Waals surface area contributed by atoms with Crippen LogP contribution in [0.2, 0.25) is 0 Å². The minimum Gasteiger partial charge on any atom is -0.370 e. The quantitative estimate of drug-likeness (QED) is 0.846. The van der Waals surface area contributed by atoms with Gasteiger partial charge in [-0.1, -0.05) is 38.5 Å². The molecule has 1 heterocycles. The van der Waals surface area contributed by atoms with Crippen molar-refractivity contribution >= 4 is 5.82 Å². The molecule has 2 rings (SSSR count). The maximum Gasteiger partial charge on any atom is 0.130 e. The summed E-state index contributed by atoms with van der Waals surface area (Å²) in [6.07, 6.45) is 2.12. The summed E-state index contributed by atoms with van der Waals surface area (Å²) in [5.41, 5.74) is 4.86. The van der Waals surface area contributed by atoms with Crippen LogP contribution in [-0.2, 0) is 6.42 Å². The molecule has 1 N–H and O–H groups in total. The number of rotatable bonds is 6. The summed E-state index contributed by atoms with van der Waals surface area (Å²) in [6, 6.07) is 8.71. The van der Waals surface area contributed by atoms with Gasteiger partial charge in [-0.2, -0.15) is 5.10 Å². The molecule has 0 aliphatic rings. The molecule has 0 saturated heterocycles. The number of hydrogen-bond acceptors (Lipinski definition) is 2. The Bertz CT molecular complexity index is 597.